The number of rotatable bonds is 5. The van der Waals surface area contributed by atoms with E-state index in [9.17, 15) is 0 Å². The largest absolute Gasteiger partial charge is 0.308 e. The van der Waals surface area contributed by atoms with Crippen molar-refractivity contribution in [2.45, 2.75) is 51.6 Å². The Morgan fingerprint density at radius 3 is 2.44 bits per heavy atom. The molecule has 0 bridgehead atoms. The summed E-state index contributed by atoms with van der Waals surface area (Å²) in [5, 5.41) is 3.74. The molecule has 1 saturated carbocycles. The topological polar surface area (TPSA) is 15.3 Å². The lowest BCUT2D eigenvalue weighted by Gasteiger charge is -2.48. The van der Waals surface area contributed by atoms with E-state index in [1.807, 2.05) is 11.3 Å². The lowest BCUT2D eigenvalue weighted by atomic mass is 9.75. The number of likely N-dealkylation sites (N-methyl/N-ethyl adjacent to an activating group) is 1. The predicted molar refractivity (Wildman–Crippen MR) is 80.5 cm³/mol. The van der Waals surface area contributed by atoms with E-state index in [0.29, 0.717) is 11.6 Å². The van der Waals surface area contributed by atoms with Gasteiger partial charge in [0.05, 0.1) is 0 Å². The predicted octanol–water partition coefficient (Wildman–Crippen LogP) is 3.50. The zero-order valence-electron chi connectivity index (χ0n) is 12.3. The molecular weight excluding hydrogens is 240 g/mol. The van der Waals surface area contributed by atoms with Crippen LogP contribution >= 0.6 is 11.3 Å². The molecule has 1 aliphatic carbocycles. The second kappa shape index (κ2) is 5.32. The Kier molecular flexibility index (Phi) is 4.15. The van der Waals surface area contributed by atoms with Gasteiger partial charge < -0.3 is 10.2 Å². The Morgan fingerprint density at radius 2 is 2.06 bits per heavy atom. The van der Waals surface area contributed by atoms with E-state index in [1.54, 1.807) is 0 Å². The van der Waals surface area contributed by atoms with Crippen molar-refractivity contribution in [1.82, 2.24) is 10.2 Å². The molecule has 1 unspecified atom stereocenters. The first-order valence-corrected chi connectivity index (χ1v) is 7.74. The third-order valence-electron chi connectivity index (χ3n) is 4.52. The lowest BCUT2D eigenvalue weighted by Crippen LogP contribution is -2.56. The van der Waals surface area contributed by atoms with E-state index in [0.717, 1.165) is 6.54 Å². The van der Waals surface area contributed by atoms with Crippen molar-refractivity contribution < 1.29 is 0 Å². The van der Waals surface area contributed by atoms with Crippen molar-refractivity contribution in [3.8, 4) is 0 Å². The molecule has 0 spiro atoms. The molecule has 1 aromatic rings. The minimum atomic E-state index is 0.410. The van der Waals surface area contributed by atoms with Crippen LogP contribution in [-0.4, -0.2) is 31.1 Å². The monoisotopic (exact) mass is 266 g/mol. The highest BCUT2D eigenvalue weighted by atomic mass is 32.1. The van der Waals surface area contributed by atoms with Crippen LogP contribution in [0.2, 0.25) is 0 Å². The Morgan fingerprint density at radius 1 is 1.39 bits per heavy atom. The van der Waals surface area contributed by atoms with Gasteiger partial charge in [0.2, 0.25) is 0 Å². The number of thiophene rings is 1. The Bertz CT molecular complexity index is 405. The highest BCUT2D eigenvalue weighted by Gasteiger charge is 2.38. The maximum absolute atomic E-state index is 3.74. The molecule has 0 aliphatic heterocycles. The van der Waals surface area contributed by atoms with Gasteiger partial charge in [-0.3, -0.25) is 0 Å². The second-order valence-corrected chi connectivity index (χ2v) is 7.40. The molecule has 0 radical (unpaired) electrons. The molecule has 0 saturated heterocycles. The van der Waals surface area contributed by atoms with Crippen molar-refractivity contribution in [2.75, 3.05) is 20.6 Å². The summed E-state index contributed by atoms with van der Waals surface area (Å²) in [5.41, 5.74) is 1.89. The molecule has 2 rings (SSSR count). The first-order valence-electron chi connectivity index (χ1n) is 6.92. The summed E-state index contributed by atoms with van der Waals surface area (Å²) in [6.07, 6.45) is 4.05. The van der Waals surface area contributed by atoms with E-state index in [4.69, 9.17) is 0 Å². The average molecular weight is 266 g/mol. The summed E-state index contributed by atoms with van der Waals surface area (Å²) in [6, 6.07) is 2.80. The van der Waals surface area contributed by atoms with Crippen molar-refractivity contribution in [1.29, 1.82) is 0 Å². The van der Waals surface area contributed by atoms with Gasteiger partial charge in [-0.25, -0.2) is 0 Å². The van der Waals surface area contributed by atoms with Gasteiger partial charge in [-0.15, -0.1) is 11.3 Å². The first kappa shape index (κ1) is 14.0. The highest BCUT2D eigenvalue weighted by molar-refractivity contribution is 7.12. The minimum absolute atomic E-state index is 0.410. The fraction of sp³-hybridized carbons (Fsp3) is 0.733. The van der Waals surface area contributed by atoms with Crippen LogP contribution in [0.3, 0.4) is 0 Å². The zero-order chi connectivity index (χ0) is 13.3. The Balaban J connectivity index is 1.96. The zero-order valence-corrected chi connectivity index (χ0v) is 13.2. The molecule has 18 heavy (non-hydrogen) atoms. The quantitative estimate of drug-likeness (QED) is 0.877. The lowest BCUT2D eigenvalue weighted by molar-refractivity contribution is 0.0576. The molecule has 0 amide bonds. The summed E-state index contributed by atoms with van der Waals surface area (Å²) in [5.74, 6) is 0. The average Bonchev–Trinajstić information content (AvgIpc) is 2.55. The molecule has 1 N–H and O–H groups in total. The van der Waals surface area contributed by atoms with Crippen LogP contribution in [-0.2, 0) is 0 Å². The summed E-state index contributed by atoms with van der Waals surface area (Å²) in [6.45, 7) is 7.82. The van der Waals surface area contributed by atoms with Crippen molar-refractivity contribution in [3.05, 3.63) is 21.4 Å². The molecule has 0 aromatic carbocycles. The number of nitrogens with zero attached hydrogens (tertiary/aromatic N) is 1. The first-order chi connectivity index (χ1) is 8.44. The molecule has 102 valence electrons. The second-order valence-electron chi connectivity index (χ2n) is 5.94. The maximum atomic E-state index is 3.74. The summed E-state index contributed by atoms with van der Waals surface area (Å²) in [4.78, 5) is 5.28. The summed E-state index contributed by atoms with van der Waals surface area (Å²) in [7, 11) is 4.43. The normalized spacial score (nSPS) is 19.9. The van der Waals surface area contributed by atoms with Crippen LogP contribution in [0.5, 0.6) is 0 Å². The van der Waals surface area contributed by atoms with Gasteiger partial charge >= 0.3 is 0 Å². The van der Waals surface area contributed by atoms with Gasteiger partial charge in [-0.05, 0) is 65.8 Å². The number of hydrogen-bond acceptors (Lipinski definition) is 3. The van der Waals surface area contributed by atoms with Crippen LogP contribution in [0.4, 0.5) is 0 Å². The molecule has 1 aromatic heterocycles. The van der Waals surface area contributed by atoms with Crippen LogP contribution in [0, 0.1) is 13.8 Å². The molecule has 1 heterocycles. The highest BCUT2D eigenvalue weighted by Crippen LogP contribution is 2.36. The summed E-state index contributed by atoms with van der Waals surface area (Å²) >= 11 is 1.91. The number of aryl methyl sites for hydroxylation is 2. The van der Waals surface area contributed by atoms with Gasteiger partial charge in [-0.2, -0.15) is 0 Å². The maximum Gasteiger partial charge on any atom is 0.0328 e. The van der Waals surface area contributed by atoms with E-state index >= 15 is 0 Å². The van der Waals surface area contributed by atoms with Gasteiger partial charge in [0, 0.05) is 27.9 Å². The van der Waals surface area contributed by atoms with E-state index in [-0.39, 0.29) is 0 Å². The molecular formula is C15H26N2S. The van der Waals surface area contributed by atoms with Gasteiger partial charge in [0.1, 0.15) is 0 Å². The SMILES string of the molecule is Cc1cc(C(C)NCC2(N(C)C)CCC2)c(C)s1. The molecule has 2 nitrogen and oxygen atoms in total. The van der Waals surface area contributed by atoms with Gasteiger partial charge in [-0.1, -0.05) is 0 Å². The Hall–Kier alpha value is -0.380. The molecule has 1 atom stereocenters. The Labute approximate surface area is 115 Å². The van der Waals surface area contributed by atoms with Crippen molar-refractivity contribution >= 4 is 11.3 Å². The van der Waals surface area contributed by atoms with Crippen LogP contribution in [0.25, 0.3) is 0 Å². The van der Waals surface area contributed by atoms with Crippen molar-refractivity contribution in [3.63, 3.8) is 0 Å². The van der Waals surface area contributed by atoms with E-state index in [1.165, 1.54) is 34.6 Å². The minimum Gasteiger partial charge on any atom is -0.308 e. The third kappa shape index (κ3) is 2.63. The fourth-order valence-electron chi connectivity index (χ4n) is 2.90. The van der Waals surface area contributed by atoms with E-state index < -0.39 is 0 Å². The van der Waals surface area contributed by atoms with Crippen molar-refractivity contribution in [2.24, 2.45) is 0 Å². The number of hydrogen-bond donors (Lipinski definition) is 1. The van der Waals surface area contributed by atoms with Gasteiger partial charge in [0.25, 0.3) is 0 Å². The van der Waals surface area contributed by atoms with Crippen LogP contribution < -0.4 is 5.32 Å². The van der Waals surface area contributed by atoms with E-state index in [2.05, 4.69) is 51.1 Å². The van der Waals surface area contributed by atoms with Gasteiger partial charge in [0.15, 0.2) is 0 Å². The fourth-order valence-corrected chi connectivity index (χ4v) is 3.92. The standard InChI is InChI=1S/C15H26N2S/c1-11-9-14(13(3)18-11)12(2)16-10-15(17(4)5)7-6-8-15/h9,12,16H,6-8,10H2,1-5H3. The molecule has 1 aliphatic rings. The smallest absolute Gasteiger partial charge is 0.0328 e. The van der Waals surface area contributed by atoms with Crippen LogP contribution in [0.15, 0.2) is 6.07 Å². The third-order valence-corrected chi connectivity index (χ3v) is 5.50. The van der Waals surface area contributed by atoms with Crippen LogP contribution in [0.1, 0.15) is 47.5 Å². The molecule has 1 fully saturated rings. The molecule has 3 heteroatoms. The summed E-state index contributed by atoms with van der Waals surface area (Å²) < 4.78 is 0. The number of nitrogens with one attached hydrogen (secondary N) is 1.